The first kappa shape index (κ1) is 9.01. The van der Waals surface area contributed by atoms with Crippen molar-refractivity contribution >= 4 is 0 Å². The Bertz CT molecular complexity index is 116. The summed E-state index contributed by atoms with van der Waals surface area (Å²) in [5, 5.41) is 9.55. The van der Waals surface area contributed by atoms with Crippen LogP contribution in [0.15, 0.2) is 0 Å². The van der Waals surface area contributed by atoms with Gasteiger partial charge in [-0.2, -0.15) is 0 Å². The molecule has 0 aromatic heterocycles. The van der Waals surface area contributed by atoms with E-state index in [1.165, 1.54) is 0 Å². The van der Waals surface area contributed by atoms with Gasteiger partial charge in [-0.15, -0.1) is 0 Å². The van der Waals surface area contributed by atoms with Crippen LogP contribution in [-0.4, -0.2) is 36.2 Å². The van der Waals surface area contributed by atoms with E-state index in [1.54, 1.807) is 0 Å². The molecule has 0 aromatic rings. The van der Waals surface area contributed by atoms with E-state index in [0.29, 0.717) is 5.92 Å². The first-order valence-corrected chi connectivity index (χ1v) is 4.57. The summed E-state index contributed by atoms with van der Waals surface area (Å²) in [4.78, 5) is 2.35. The zero-order chi connectivity index (χ0) is 8.27. The van der Waals surface area contributed by atoms with Crippen molar-refractivity contribution in [3.63, 3.8) is 0 Å². The molecule has 0 aliphatic carbocycles. The predicted molar refractivity (Wildman–Crippen MR) is 46.5 cm³/mol. The van der Waals surface area contributed by atoms with E-state index in [1.807, 2.05) is 0 Å². The van der Waals surface area contributed by atoms with Gasteiger partial charge in [0, 0.05) is 0 Å². The third kappa shape index (κ3) is 2.80. The second kappa shape index (κ2) is 4.07. The Morgan fingerprint density at radius 2 is 2.00 bits per heavy atom. The van der Waals surface area contributed by atoms with Crippen LogP contribution in [0.4, 0.5) is 0 Å². The lowest BCUT2D eigenvalue weighted by Gasteiger charge is -2.26. The molecule has 1 saturated heterocycles. The summed E-state index contributed by atoms with van der Waals surface area (Å²) in [5.74, 6) is 0.484. The van der Waals surface area contributed by atoms with Gasteiger partial charge in [-0.25, -0.2) is 0 Å². The maximum Gasteiger partial charge on any atom is 0.0566 e. The van der Waals surface area contributed by atoms with Crippen LogP contribution in [0.25, 0.3) is 0 Å². The average molecular weight is 157 g/mol. The largest absolute Gasteiger partial charge is 0.393 e. The zero-order valence-electron chi connectivity index (χ0n) is 7.58. The average Bonchev–Trinajstić information content (AvgIpc) is 1.98. The molecular formula is C9H19NO. The van der Waals surface area contributed by atoms with Crippen LogP contribution < -0.4 is 0 Å². The van der Waals surface area contributed by atoms with Crippen LogP contribution in [0.1, 0.15) is 26.2 Å². The molecule has 1 aliphatic rings. The summed E-state index contributed by atoms with van der Waals surface area (Å²) in [7, 11) is 2.16. The van der Waals surface area contributed by atoms with Crippen molar-refractivity contribution in [1.29, 1.82) is 0 Å². The van der Waals surface area contributed by atoms with Crippen molar-refractivity contribution in [2.24, 2.45) is 5.92 Å². The van der Waals surface area contributed by atoms with Crippen LogP contribution in [0.3, 0.4) is 0 Å². The second-order valence-corrected chi connectivity index (χ2v) is 3.78. The molecule has 0 amide bonds. The Hall–Kier alpha value is -0.0800. The van der Waals surface area contributed by atoms with Crippen molar-refractivity contribution < 1.29 is 5.11 Å². The van der Waals surface area contributed by atoms with Crippen molar-refractivity contribution in [2.75, 3.05) is 20.1 Å². The van der Waals surface area contributed by atoms with Crippen molar-refractivity contribution in [1.82, 2.24) is 4.90 Å². The Kier molecular flexibility index (Phi) is 3.34. The molecule has 2 unspecified atom stereocenters. The van der Waals surface area contributed by atoms with E-state index in [4.69, 9.17) is 0 Å². The van der Waals surface area contributed by atoms with Crippen molar-refractivity contribution in [2.45, 2.75) is 32.3 Å². The lowest BCUT2D eigenvalue weighted by molar-refractivity contribution is 0.0800. The summed E-state index contributed by atoms with van der Waals surface area (Å²) < 4.78 is 0. The van der Waals surface area contributed by atoms with E-state index < -0.39 is 0 Å². The molecule has 0 bridgehead atoms. The van der Waals surface area contributed by atoms with Crippen LogP contribution >= 0.6 is 0 Å². The number of hydrogen-bond donors (Lipinski definition) is 1. The Labute approximate surface area is 69.2 Å². The summed E-state index contributed by atoms with van der Waals surface area (Å²) in [6.07, 6.45) is 3.20. The lowest BCUT2D eigenvalue weighted by Crippen LogP contribution is -2.30. The maximum atomic E-state index is 9.55. The Balaban J connectivity index is 2.34. The maximum absolute atomic E-state index is 9.55. The fourth-order valence-electron chi connectivity index (χ4n) is 1.58. The minimum Gasteiger partial charge on any atom is -0.393 e. The minimum atomic E-state index is -0.0521. The van der Waals surface area contributed by atoms with E-state index in [9.17, 15) is 5.11 Å². The van der Waals surface area contributed by atoms with Crippen molar-refractivity contribution in [3.05, 3.63) is 0 Å². The highest BCUT2D eigenvalue weighted by molar-refractivity contribution is 4.70. The van der Waals surface area contributed by atoms with E-state index in [-0.39, 0.29) is 6.10 Å². The molecule has 11 heavy (non-hydrogen) atoms. The lowest BCUT2D eigenvalue weighted by atomic mass is 9.95. The van der Waals surface area contributed by atoms with Gasteiger partial charge >= 0.3 is 0 Å². The highest BCUT2D eigenvalue weighted by Crippen LogP contribution is 2.16. The van der Waals surface area contributed by atoms with Gasteiger partial charge < -0.3 is 10.0 Å². The van der Waals surface area contributed by atoms with E-state index >= 15 is 0 Å². The molecule has 1 aliphatic heterocycles. The Morgan fingerprint density at radius 3 is 2.73 bits per heavy atom. The molecule has 0 radical (unpaired) electrons. The zero-order valence-corrected chi connectivity index (χ0v) is 7.58. The normalized spacial score (nSPS) is 36.3. The van der Waals surface area contributed by atoms with Gasteiger partial charge in [-0.05, 0) is 45.3 Å². The fraction of sp³-hybridized carbons (Fsp3) is 1.00. The minimum absolute atomic E-state index is 0.0521. The number of likely N-dealkylation sites (tertiary alicyclic amines) is 1. The van der Waals surface area contributed by atoms with Gasteiger partial charge in [0.05, 0.1) is 6.10 Å². The first-order valence-electron chi connectivity index (χ1n) is 4.57. The van der Waals surface area contributed by atoms with Crippen molar-refractivity contribution in [3.8, 4) is 0 Å². The molecule has 2 atom stereocenters. The fourth-order valence-corrected chi connectivity index (χ4v) is 1.58. The van der Waals surface area contributed by atoms with Gasteiger partial charge in [0.25, 0.3) is 0 Å². The van der Waals surface area contributed by atoms with Gasteiger partial charge in [0.2, 0.25) is 0 Å². The molecule has 1 N–H and O–H groups in total. The smallest absolute Gasteiger partial charge is 0.0566 e. The monoisotopic (exact) mass is 157 g/mol. The number of aliphatic hydroxyl groups is 1. The third-order valence-corrected chi connectivity index (χ3v) is 2.66. The summed E-state index contributed by atoms with van der Waals surface area (Å²) in [5.41, 5.74) is 0. The summed E-state index contributed by atoms with van der Waals surface area (Å²) in [6, 6.07) is 0. The second-order valence-electron chi connectivity index (χ2n) is 3.78. The van der Waals surface area contributed by atoms with Crippen LogP contribution in [-0.2, 0) is 0 Å². The number of rotatable bonds is 0. The number of aliphatic hydroxyl groups excluding tert-OH is 1. The first-order chi connectivity index (χ1) is 5.20. The summed E-state index contributed by atoms with van der Waals surface area (Å²) in [6.45, 7) is 4.42. The summed E-state index contributed by atoms with van der Waals surface area (Å²) >= 11 is 0. The molecule has 2 heteroatoms. The van der Waals surface area contributed by atoms with E-state index in [2.05, 4.69) is 18.9 Å². The molecule has 1 fully saturated rings. The SMILES string of the molecule is CC1CCN(C)CCCC1O. The standard InChI is InChI=1S/C9H19NO/c1-8-5-7-10(2)6-3-4-9(8)11/h8-9,11H,3-7H2,1-2H3. The van der Waals surface area contributed by atoms with Crippen LogP contribution in [0.5, 0.6) is 0 Å². The quantitative estimate of drug-likeness (QED) is 0.569. The van der Waals surface area contributed by atoms with Gasteiger partial charge in [-0.3, -0.25) is 0 Å². The number of hydrogen-bond acceptors (Lipinski definition) is 2. The molecule has 0 spiro atoms. The highest BCUT2D eigenvalue weighted by Gasteiger charge is 2.17. The molecule has 0 saturated carbocycles. The molecule has 66 valence electrons. The van der Waals surface area contributed by atoms with Crippen LogP contribution in [0.2, 0.25) is 0 Å². The van der Waals surface area contributed by atoms with Gasteiger partial charge in [0.1, 0.15) is 0 Å². The Morgan fingerprint density at radius 1 is 1.27 bits per heavy atom. The third-order valence-electron chi connectivity index (χ3n) is 2.66. The molecule has 0 aromatic carbocycles. The van der Waals surface area contributed by atoms with Crippen LogP contribution in [0, 0.1) is 5.92 Å². The molecule has 1 rings (SSSR count). The molecular weight excluding hydrogens is 138 g/mol. The van der Waals surface area contributed by atoms with Gasteiger partial charge in [0.15, 0.2) is 0 Å². The van der Waals surface area contributed by atoms with E-state index in [0.717, 1.165) is 32.4 Å². The highest BCUT2D eigenvalue weighted by atomic mass is 16.3. The molecule has 2 nitrogen and oxygen atoms in total. The topological polar surface area (TPSA) is 23.5 Å². The van der Waals surface area contributed by atoms with Gasteiger partial charge in [-0.1, -0.05) is 6.92 Å². The molecule has 1 heterocycles. The number of nitrogens with zero attached hydrogens (tertiary/aromatic N) is 1. The predicted octanol–water partition coefficient (Wildman–Crippen LogP) is 1.10.